The van der Waals surface area contributed by atoms with Crippen LogP contribution < -0.4 is 26.3 Å². The molecular weight excluding hydrogens is 578 g/mol. The molecule has 0 saturated carbocycles. The molecule has 0 aliphatic carbocycles. The van der Waals surface area contributed by atoms with Crippen LogP contribution in [0.15, 0.2) is 41.0 Å². The average molecular weight is 607 g/mol. The van der Waals surface area contributed by atoms with Crippen LogP contribution >= 0.6 is 23.3 Å². The molecule has 218 valence electrons. The Bertz CT molecular complexity index is 1400. The van der Waals surface area contributed by atoms with Crippen LogP contribution in [-0.4, -0.2) is 97.3 Å². The number of hydrogen-bond acceptors (Lipinski definition) is 13. The third kappa shape index (κ3) is 6.72. The van der Waals surface area contributed by atoms with E-state index in [2.05, 4.69) is 30.5 Å². The van der Waals surface area contributed by atoms with Gasteiger partial charge in [-0.2, -0.15) is 9.36 Å². The number of likely N-dealkylation sites (N-methyl/N-ethyl adjacent to an activating group) is 1. The number of thioether (sulfide) groups is 1. The second kappa shape index (κ2) is 12.9. The number of hydrogen-bond donors (Lipinski definition) is 6. The molecule has 4 heterocycles. The van der Waals surface area contributed by atoms with Crippen LogP contribution in [0.5, 0.6) is 0 Å². The molecule has 0 aromatic carbocycles. The monoisotopic (exact) mass is 606 g/mol. The molecule has 2 aliphatic heterocycles. The summed E-state index contributed by atoms with van der Waals surface area (Å²) in [5.74, 6) is -4.01. The third-order valence-electron chi connectivity index (χ3n) is 6.02. The SMILES string of the molecule is CNCCNc1cc[n+](CC2=C(C(=O)O)N3C(=O)C(NC(=O)/C(=N\O[C@@H](C)C(=O)O)c4nsc(N)n4)C3SC2)cc1. The number of nitrogens with two attached hydrogens (primary N) is 1. The molecule has 7 N–H and O–H groups in total. The predicted molar refractivity (Wildman–Crippen MR) is 148 cm³/mol. The van der Waals surface area contributed by atoms with E-state index < -0.39 is 47.0 Å². The fraction of sp³-hybridized carbons (Fsp3) is 0.391. The van der Waals surface area contributed by atoms with Crippen molar-refractivity contribution in [3.05, 3.63) is 41.6 Å². The van der Waals surface area contributed by atoms with Crippen LogP contribution in [0.1, 0.15) is 12.7 Å². The lowest BCUT2D eigenvalue weighted by molar-refractivity contribution is -0.688. The Morgan fingerprint density at radius 2 is 2.02 bits per heavy atom. The molecule has 16 nitrogen and oxygen atoms in total. The van der Waals surface area contributed by atoms with Gasteiger partial charge in [-0.15, -0.1) is 11.8 Å². The second-order valence-electron chi connectivity index (χ2n) is 8.89. The van der Waals surface area contributed by atoms with E-state index in [1.54, 1.807) is 0 Å². The summed E-state index contributed by atoms with van der Waals surface area (Å²) in [4.78, 5) is 59.5. The number of fused-ring (bicyclic) bond motifs is 1. The summed E-state index contributed by atoms with van der Waals surface area (Å²) in [6, 6.07) is 2.68. The molecule has 2 aromatic rings. The number of carboxylic acid groups (broad SMARTS) is 2. The number of anilines is 2. The van der Waals surface area contributed by atoms with Crippen molar-refractivity contribution >= 4 is 63.6 Å². The summed E-state index contributed by atoms with van der Waals surface area (Å²) in [5, 5.41) is 30.8. The first kappa shape index (κ1) is 29.7. The van der Waals surface area contributed by atoms with Gasteiger partial charge in [0, 0.05) is 53.8 Å². The summed E-state index contributed by atoms with van der Waals surface area (Å²) >= 11 is 2.09. The van der Waals surface area contributed by atoms with E-state index in [0.717, 1.165) is 35.2 Å². The van der Waals surface area contributed by atoms with Gasteiger partial charge in [-0.3, -0.25) is 14.5 Å². The molecule has 2 unspecified atom stereocenters. The molecule has 0 spiro atoms. The van der Waals surface area contributed by atoms with Crippen molar-refractivity contribution in [2.45, 2.75) is 31.0 Å². The van der Waals surface area contributed by atoms with Crippen molar-refractivity contribution in [1.82, 2.24) is 24.9 Å². The van der Waals surface area contributed by atoms with Crippen LogP contribution in [0.4, 0.5) is 10.8 Å². The van der Waals surface area contributed by atoms with Crippen molar-refractivity contribution in [1.29, 1.82) is 0 Å². The van der Waals surface area contributed by atoms with Crippen LogP contribution in [0.25, 0.3) is 0 Å². The van der Waals surface area contributed by atoms with Gasteiger partial charge in [0.1, 0.15) is 17.1 Å². The van der Waals surface area contributed by atoms with Gasteiger partial charge in [-0.25, -0.2) is 14.2 Å². The molecule has 41 heavy (non-hydrogen) atoms. The van der Waals surface area contributed by atoms with Crippen molar-refractivity contribution in [2.75, 3.05) is 36.9 Å². The normalized spacial score (nSPS) is 19.2. The molecule has 2 aliphatic rings. The number of carboxylic acids is 2. The fourth-order valence-electron chi connectivity index (χ4n) is 3.94. The number of pyridine rings is 1. The smallest absolute Gasteiger partial charge is 0.352 e. The van der Waals surface area contributed by atoms with Crippen LogP contribution in [0.3, 0.4) is 0 Å². The van der Waals surface area contributed by atoms with Crippen molar-refractivity contribution in [3.8, 4) is 0 Å². The number of nitrogens with one attached hydrogen (secondary N) is 3. The standard InChI is InChI=1S/C23H27N9O7S2/c1-11(21(35)36)39-29-14(17-28-23(24)41-30-17)18(33)27-15-19(34)32-16(22(37)38)12(10-40-20(15)32)9-31-7-3-13(4-8-31)26-6-5-25-2/h3-4,7-8,11,15,20,25H,5-6,9-10H2,1-2H3,(H5,24,27,28,30,33,35,36,37,38)/p+1/b29-14-/t11-,15?,20?/m0/s1. The number of nitrogens with zero attached hydrogens (tertiary/aromatic N) is 5. The number of oxime groups is 1. The minimum atomic E-state index is -1.38. The van der Waals surface area contributed by atoms with Crippen molar-refractivity contribution in [3.63, 3.8) is 0 Å². The third-order valence-corrected chi connectivity index (χ3v) is 7.91. The molecule has 18 heteroatoms. The molecule has 3 atom stereocenters. The Morgan fingerprint density at radius 1 is 1.29 bits per heavy atom. The van der Waals surface area contributed by atoms with E-state index in [1.807, 2.05) is 36.1 Å². The van der Waals surface area contributed by atoms with Gasteiger partial charge in [-0.05, 0) is 14.0 Å². The molecule has 1 saturated heterocycles. The zero-order valence-electron chi connectivity index (χ0n) is 21.9. The highest BCUT2D eigenvalue weighted by Crippen LogP contribution is 2.40. The Balaban J connectivity index is 1.48. The first-order chi connectivity index (χ1) is 19.6. The molecule has 1 fully saturated rings. The molecular formula is C23H28N9O7S2+. The van der Waals surface area contributed by atoms with Crippen molar-refractivity contribution in [2.24, 2.45) is 5.16 Å². The Labute approximate surface area is 241 Å². The largest absolute Gasteiger partial charge is 0.478 e. The average Bonchev–Trinajstić information content (AvgIpc) is 3.37. The Hall–Kier alpha value is -4.29. The minimum absolute atomic E-state index is 0.0295. The highest BCUT2D eigenvalue weighted by atomic mass is 32.2. The molecule has 2 amide bonds. The van der Waals surface area contributed by atoms with Gasteiger partial charge in [0.15, 0.2) is 24.1 Å². The summed E-state index contributed by atoms with van der Waals surface area (Å²) in [6.07, 6.45) is 2.26. The van der Waals surface area contributed by atoms with E-state index in [1.165, 1.54) is 18.7 Å². The lowest BCUT2D eigenvalue weighted by Crippen LogP contribution is -2.71. The summed E-state index contributed by atoms with van der Waals surface area (Å²) in [5.41, 5.74) is 6.45. The topological polar surface area (TPSA) is 225 Å². The number of nitrogen functional groups attached to an aromatic ring is 1. The van der Waals surface area contributed by atoms with Crippen LogP contribution in [0, 0.1) is 0 Å². The Morgan fingerprint density at radius 3 is 2.63 bits per heavy atom. The number of β-lactam (4-membered cyclic amide) rings is 1. The number of amides is 2. The lowest BCUT2D eigenvalue weighted by atomic mass is 10.0. The van der Waals surface area contributed by atoms with E-state index in [-0.39, 0.29) is 23.2 Å². The maximum Gasteiger partial charge on any atom is 0.352 e. The summed E-state index contributed by atoms with van der Waals surface area (Å²) in [7, 11) is 1.86. The van der Waals surface area contributed by atoms with Gasteiger partial charge in [0.25, 0.3) is 11.8 Å². The van der Waals surface area contributed by atoms with Gasteiger partial charge in [-0.1, -0.05) is 5.16 Å². The van der Waals surface area contributed by atoms with Crippen LogP contribution in [0.2, 0.25) is 0 Å². The predicted octanol–water partition coefficient (Wildman–Crippen LogP) is -1.33. The maximum atomic E-state index is 13.1. The number of carbonyl (C=O) groups is 4. The van der Waals surface area contributed by atoms with Gasteiger partial charge < -0.3 is 36.7 Å². The number of rotatable bonds is 13. The van der Waals surface area contributed by atoms with E-state index >= 15 is 0 Å². The van der Waals surface area contributed by atoms with Gasteiger partial charge in [0.05, 0.1) is 0 Å². The maximum absolute atomic E-state index is 13.1. The molecule has 0 radical (unpaired) electrons. The number of aromatic nitrogens is 3. The highest BCUT2D eigenvalue weighted by molar-refractivity contribution is 8.00. The zero-order chi connectivity index (χ0) is 29.7. The summed E-state index contributed by atoms with van der Waals surface area (Å²) in [6.45, 7) is 3.02. The second-order valence-corrected chi connectivity index (χ2v) is 10.8. The van der Waals surface area contributed by atoms with Gasteiger partial charge >= 0.3 is 11.9 Å². The number of aliphatic carboxylic acids is 2. The molecule has 4 rings (SSSR count). The Kier molecular flexibility index (Phi) is 9.35. The zero-order valence-corrected chi connectivity index (χ0v) is 23.6. The van der Waals surface area contributed by atoms with Crippen molar-refractivity contribution < 1.29 is 38.8 Å². The van der Waals surface area contributed by atoms with E-state index in [4.69, 9.17) is 15.7 Å². The lowest BCUT2D eigenvalue weighted by Gasteiger charge is -2.49. The quantitative estimate of drug-likeness (QED) is 0.0512. The van der Waals surface area contributed by atoms with E-state index in [0.29, 0.717) is 11.3 Å². The van der Waals surface area contributed by atoms with Gasteiger partial charge in [0.2, 0.25) is 17.6 Å². The minimum Gasteiger partial charge on any atom is -0.478 e. The summed E-state index contributed by atoms with van der Waals surface area (Å²) < 4.78 is 5.73. The van der Waals surface area contributed by atoms with E-state index in [9.17, 15) is 24.3 Å². The number of carbonyl (C=O) groups excluding carboxylic acids is 2. The molecule has 2 aromatic heterocycles. The molecule has 0 bridgehead atoms. The fourth-order valence-corrected chi connectivity index (χ4v) is 5.71. The first-order valence-electron chi connectivity index (χ1n) is 12.2. The first-order valence-corrected chi connectivity index (χ1v) is 14.1. The highest BCUT2D eigenvalue weighted by Gasteiger charge is 2.55. The van der Waals surface area contributed by atoms with Crippen LogP contribution in [-0.2, 0) is 30.6 Å².